The molecule has 1 aliphatic heterocycles. The molecular weight excluding hydrogens is 272 g/mol. The summed E-state index contributed by atoms with van der Waals surface area (Å²) in [6.45, 7) is 0.162. The second kappa shape index (κ2) is 4.40. The van der Waals surface area contributed by atoms with Crippen LogP contribution in [0, 0.1) is 0 Å². The van der Waals surface area contributed by atoms with Crippen LogP contribution in [0.4, 0.5) is 0 Å². The van der Waals surface area contributed by atoms with E-state index in [-0.39, 0.29) is 23.5 Å². The van der Waals surface area contributed by atoms with Gasteiger partial charge in [-0.25, -0.2) is 14.8 Å². The molecule has 3 rings (SSSR count). The number of benzene rings is 1. The van der Waals surface area contributed by atoms with Gasteiger partial charge in [-0.3, -0.25) is 0 Å². The van der Waals surface area contributed by atoms with E-state index in [2.05, 4.69) is 9.97 Å². The Balaban J connectivity index is 2.09. The Bertz CT molecular complexity index is 675. The number of rotatable bonds is 2. The molecule has 0 saturated heterocycles. The van der Waals surface area contributed by atoms with E-state index in [1.165, 1.54) is 6.07 Å². The number of aromatic nitrogens is 2. The molecule has 1 aromatic heterocycles. The number of carbonyl (C=O) groups is 1. The van der Waals surface area contributed by atoms with E-state index in [0.29, 0.717) is 17.1 Å². The van der Waals surface area contributed by atoms with E-state index in [9.17, 15) is 4.79 Å². The summed E-state index contributed by atoms with van der Waals surface area (Å²) in [6.07, 6.45) is 0. The number of aromatic carboxylic acids is 1. The minimum atomic E-state index is -1.16. The zero-order valence-corrected chi connectivity index (χ0v) is 10.2. The lowest BCUT2D eigenvalue weighted by Gasteiger charge is -2.03. The lowest BCUT2D eigenvalue weighted by atomic mass is 10.2. The smallest absolute Gasteiger partial charge is 0.354 e. The largest absolute Gasteiger partial charge is 0.477 e. The van der Waals surface area contributed by atoms with Gasteiger partial charge in [-0.05, 0) is 18.2 Å². The summed E-state index contributed by atoms with van der Waals surface area (Å²) >= 11 is 5.79. The molecule has 0 bridgehead atoms. The highest BCUT2D eigenvalue weighted by Crippen LogP contribution is 2.35. The summed E-state index contributed by atoms with van der Waals surface area (Å²) in [6, 6.07) is 6.30. The van der Waals surface area contributed by atoms with Crippen molar-refractivity contribution in [1.29, 1.82) is 0 Å². The Morgan fingerprint density at radius 3 is 2.79 bits per heavy atom. The Kier molecular flexibility index (Phi) is 2.72. The molecule has 0 aliphatic carbocycles. The number of hydrogen-bond acceptors (Lipinski definition) is 5. The van der Waals surface area contributed by atoms with E-state index in [1.54, 1.807) is 18.2 Å². The van der Waals surface area contributed by atoms with Gasteiger partial charge < -0.3 is 14.6 Å². The second-order valence-corrected chi connectivity index (χ2v) is 4.16. The standard InChI is InChI=1S/C12H7ClN2O4/c13-10-4-7(12(16)17)14-11(15-10)6-1-2-8-9(3-6)19-5-18-8/h1-4H,5H2,(H,16,17). The molecule has 7 heteroatoms. The van der Waals surface area contributed by atoms with E-state index in [4.69, 9.17) is 26.2 Å². The monoisotopic (exact) mass is 278 g/mol. The van der Waals surface area contributed by atoms with Gasteiger partial charge in [0.2, 0.25) is 6.79 Å². The lowest BCUT2D eigenvalue weighted by Crippen LogP contribution is -2.03. The summed E-state index contributed by atoms with van der Waals surface area (Å²) in [5.41, 5.74) is 0.446. The maximum atomic E-state index is 10.9. The molecule has 1 aromatic carbocycles. The zero-order chi connectivity index (χ0) is 13.4. The third kappa shape index (κ3) is 2.17. The molecule has 0 amide bonds. The van der Waals surface area contributed by atoms with Gasteiger partial charge in [0, 0.05) is 11.6 Å². The highest BCUT2D eigenvalue weighted by Gasteiger charge is 2.16. The molecule has 0 spiro atoms. The maximum Gasteiger partial charge on any atom is 0.354 e. The van der Waals surface area contributed by atoms with Crippen molar-refractivity contribution in [2.45, 2.75) is 0 Å². The van der Waals surface area contributed by atoms with Crippen LogP contribution >= 0.6 is 11.6 Å². The molecule has 0 unspecified atom stereocenters. The summed E-state index contributed by atoms with van der Waals surface area (Å²) in [5.74, 6) is 0.261. The average Bonchev–Trinajstić information content (AvgIpc) is 2.85. The molecule has 6 nitrogen and oxygen atoms in total. The van der Waals surface area contributed by atoms with Crippen LogP contribution in [0.2, 0.25) is 5.15 Å². The van der Waals surface area contributed by atoms with Gasteiger partial charge in [0.05, 0.1) is 0 Å². The van der Waals surface area contributed by atoms with Crippen LogP contribution in [0.25, 0.3) is 11.4 Å². The van der Waals surface area contributed by atoms with E-state index >= 15 is 0 Å². The van der Waals surface area contributed by atoms with Crippen LogP contribution in [0.1, 0.15) is 10.5 Å². The molecule has 1 aliphatic rings. The van der Waals surface area contributed by atoms with Crippen molar-refractivity contribution in [3.63, 3.8) is 0 Å². The third-order valence-corrected chi connectivity index (χ3v) is 2.74. The van der Waals surface area contributed by atoms with Crippen LogP contribution in [0.15, 0.2) is 24.3 Å². The van der Waals surface area contributed by atoms with E-state index in [0.717, 1.165) is 0 Å². The number of ether oxygens (including phenoxy) is 2. The minimum Gasteiger partial charge on any atom is -0.477 e. The van der Waals surface area contributed by atoms with Crippen molar-refractivity contribution in [1.82, 2.24) is 9.97 Å². The molecule has 2 aromatic rings. The Morgan fingerprint density at radius 1 is 1.21 bits per heavy atom. The summed E-state index contributed by atoms with van der Waals surface area (Å²) < 4.78 is 10.4. The predicted octanol–water partition coefficient (Wildman–Crippen LogP) is 2.22. The van der Waals surface area contributed by atoms with Gasteiger partial charge in [-0.2, -0.15) is 0 Å². The van der Waals surface area contributed by atoms with Crippen molar-refractivity contribution < 1.29 is 19.4 Å². The molecule has 0 radical (unpaired) electrons. The van der Waals surface area contributed by atoms with Gasteiger partial charge in [-0.15, -0.1) is 0 Å². The number of fused-ring (bicyclic) bond motifs is 1. The summed E-state index contributed by atoms with van der Waals surface area (Å²) in [5, 5.41) is 9.01. The molecule has 2 heterocycles. The van der Waals surface area contributed by atoms with Crippen molar-refractivity contribution in [3.05, 3.63) is 35.1 Å². The third-order valence-electron chi connectivity index (χ3n) is 2.54. The van der Waals surface area contributed by atoms with Crippen LogP contribution < -0.4 is 9.47 Å². The predicted molar refractivity (Wildman–Crippen MR) is 65.6 cm³/mol. The molecule has 0 fully saturated rings. The number of carboxylic acids is 1. The van der Waals surface area contributed by atoms with Crippen molar-refractivity contribution in [3.8, 4) is 22.9 Å². The fourth-order valence-corrected chi connectivity index (χ4v) is 1.88. The molecule has 1 N–H and O–H groups in total. The Labute approximate surface area is 112 Å². The number of nitrogens with zero attached hydrogens (tertiary/aromatic N) is 2. The highest BCUT2D eigenvalue weighted by atomic mass is 35.5. The molecule has 96 valence electrons. The van der Waals surface area contributed by atoms with Crippen LogP contribution in [0.3, 0.4) is 0 Å². The quantitative estimate of drug-likeness (QED) is 0.848. The molecule has 0 atom stereocenters. The normalized spacial score (nSPS) is 12.5. The van der Waals surface area contributed by atoms with Gasteiger partial charge in [0.15, 0.2) is 23.0 Å². The van der Waals surface area contributed by atoms with E-state index < -0.39 is 5.97 Å². The summed E-state index contributed by atoms with van der Waals surface area (Å²) in [7, 11) is 0. The van der Waals surface area contributed by atoms with Gasteiger partial charge >= 0.3 is 5.97 Å². The Morgan fingerprint density at radius 2 is 2.00 bits per heavy atom. The lowest BCUT2D eigenvalue weighted by molar-refractivity contribution is 0.0690. The van der Waals surface area contributed by atoms with Gasteiger partial charge in [-0.1, -0.05) is 11.6 Å². The fraction of sp³-hybridized carbons (Fsp3) is 0.0833. The minimum absolute atomic E-state index is 0.0695. The number of carboxylic acid groups (broad SMARTS) is 1. The van der Waals surface area contributed by atoms with Gasteiger partial charge in [0.1, 0.15) is 5.15 Å². The topological polar surface area (TPSA) is 81.5 Å². The van der Waals surface area contributed by atoms with Crippen LogP contribution in [0.5, 0.6) is 11.5 Å². The number of halogens is 1. The Hall–Kier alpha value is -2.34. The summed E-state index contributed by atoms with van der Waals surface area (Å²) in [4.78, 5) is 18.9. The first-order chi connectivity index (χ1) is 9.13. The SMILES string of the molecule is O=C(O)c1cc(Cl)nc(-c2ccc3c(c2)OCO3)n1. The molecule has 19 heavy (non-hydrogen) atoms. The molecule has 0 saturated carbocycles. The fourth-order valence-electron chi connectivity index (χ4n) is 1.69. The van der Waals surface area contributed by atoms with E-state index in [1.807, 2.05) is 0 Å². The molecular formula is C12H7ClN2O4. The highest BCUT2D eigenvalue weighted by molar-refractivity contribution is 6.29. The maximum absolute atomic E-state index is 10.9. The van der Waals surface area contributed by atoms with Crippen LogP contribution in [-0.4, -0.2) is 27.8 Å². The van der Waals surface area contributed by atoms with Crippen molar-refractivity contribution >= 4 is 17.6 Å². The first-order valence-electron chi connectivity index (χ1n) is 5.31. The van der Waals surface area contributed by atoms with Crippen molar-refractivity contribution in [2.75, 3.05) is 6.79 Å². The van der Waals surface area contributed by atoms with Crippen LogP contribution in [-0.2, 0) is 0 Å². The number of hydrogen-bond donors (Lipinski definition) is 1. The zero-order valence-electron chi connectivity index (χ0n) is 9.46. The van der Waals surface area contributed by atoms with Gasteiger partial charge in [0.25, 0.3) is 0 Å². The first kappa shape index (κ1) is 11.7. The average molecular weight is 279 g/mol. The second-order valence-electron chi connectivity index (χ2n) is 3.77. The van der Waals surface area contributed by atoms with Crippen molar-refractivity contribution in [2.24, 2.45) is 0 Å². The first-order valence-corrected chi connectivity index (χ1v) is 5.69.